The maximum atomic E-state index is 13.1. The van der Waals surface area contributed by atoms with E-state index in [0.717, 1.165) is 23.9 Å². The Morgan fingerprint density at radius 1 is 1.52 bits per heavy atom. The van der Waals surface area contributed by atoms with Crippen LogP contribution in [0.3, 0.4) is 0 Å². The van der Waals surface area contributed by atoms with Gasteiger partial charge in [-0.15, -0.1) is 0 Å². The van der Waals surface area contributed by atoms with Crippen LogP contribution in [0.25, 0.3) is 0 Å². The van der Waals surface area contributed by atoms with Gasteiger partial charge in [0, 0.05) is 0 Å². The molecule has 1 aromatic carbocycles. The Morgan fingerprint density at radius 3 is 2.88 bits per heavy atom. The van der Waals surface area contributed by atoms with Crippen molar-refractivity contribution >= 4 is 46.8 Å². The van der Waals surface area contributed by atoms with Crippen LogP contribution in [0.1, 0.15) is 13.8 Å². The third-order valence-corrected chi connectivity index (χ3v) is 4.65. The van der Waals surface area contributed by atoms with Gasteiger partial charge in [-0.3, -0.25) is 14.5 Å². The van der Waals surface area contributed by atoms with E-state index in [0.29, 0.717) is 5.03 Å². The Balaban J connectivity index is 2.15. The van der Waals surface area contributed by atoms with Gasteiger partial charge in [-0.2, -0.15) is 0 Å². The molecule has 2 amide bonds. The van der Waals surface area contributed by atoms with Gasteiger partial charge in [0.25, 0.3) is 0 Å². The molecule has 0 bridgehead atoms. The molecule has 25 heavy (non-hydrogen) atoms. The van der Waals surface area contributed by atoms with Crippen LogP contribution in [0.4, 0.5) is 10.1 Å². The highest BCUT2D eigenvalue weighted by atomic mass is 35.5. The Morgan fingerprint density at radius 2 is 2.24 bits per heavy atom. The second-order valence-corrected chi connectivity index (χ2v) is 6.48. The molecule has 9 heteroatoms. The fourth-order valence-corrected chi connectivity index (χ4v) is 3.35. The minimum absolute atomic E-state index is 0.0463. The fourth-order valence-electron chi connectivity index (χ4n) is 2.15. The number of carbonyl (C=O) groups is 3. The number of esters is 1. The topological polar surface area (TPSA) is 75.7 Å². The summed E-state index contributed by atoms with van der Waals surface area (Å²) in [6.07, 6.45) is 1.19. The number of hydrogen-bond donors (Lipinski definition) is 1. The Labute approximate surface area is 153 Å². The largest absolute Gasteiger partial charge is 0.463 e. The minimum Gasteiger partial charge on any atom is -0.463 e. The summed E-state index contributed by atoms with van der Waals surface area (Å²) >= 11 is 7.04. The number of thioether (sulfide) groups is 1. The maximum Gasteiger partial charge on any atom is 0.333 e. The SMILES string of the molecule is CCOC(=O)/C=C1\SCC(=O)N1[C@@H](C)C(=O)Nc1ccc(F)cc1Cl. The predicted molar refractivity (Wildman–Crippen MR) is 93.5 cm³/mol. The fraction of sp³-hybridized carbons (Fsp3) is 0.312. The highest BCUT2D eigenvalue weighted by Crippen LogP contribution is 2.31. The van der Waals surface area contributed by atoms with Gasteiger partial charge in [0.15, 0.2) is 0 Å². The molecule has 1 aliphatic heterocycles. The van der Waals surface area contributed by atoms with Crippen LogP contribution in [0.15, 0.2) is 29.3 Å². The Kier molecular flexibility index (Phi) is 6.44. The summed E-state index contributed by atoms with van der Waals surface area (Å²) in [4.78, 5) is 37.4. The molecule has 0 aromatic heterocycles. The van der Waals surface area contributed by atoms with Gasteiger partial charge < -0.3 is 10.1 Å². The zero-order valence-electron chi connectivity index (χ0n) is 13.5. The number of amides is 2. The molecule has 1 saturated heterocycles. The van der Waals surface area contributed by atoms with E-state index >= 15 is 0 Å². The standard InChI is InChI=1S/C16H16ClFN2O4S/c1-3-24-15(22)7-14-20(13(21)8-25-14)9(2)16(23)19-12-5-4-10(18)6-11(12)17/h4-7,9H,3,8H2,1-2H3,(H,19,23)/b14-7-/t9-/m0/s1. The van der Waals surface area contributed by atoms with Crippen molar-refractivity contribution in [2.45, 2.75) is 19.9 Å². The maximum absolute atomic E-state index is 13.1. The summed E-state index contributed by atoms with van der Waals surface area (Å²) in [5, 5.41) is 2.94. The van der Waals surface area contributed by atoms with Crippen molar-refractivity contribution < 1.29 is 23.5 Å². The summed E-state index contributed by atoms with van der Waals surface area (Å²) in [5.41, 5.74) is 0.232. The smallest absolute Gasteiger partial charge is 0.333 e. The number of nitrogens with zero attached hydrogens (tertiary/aromatic N) is 1. The van der Waals surface area contributed by atoms with Crippen LogP contribution in [-0.4, -0.2) is 41.1 Å². The second-order valence-electron chi connectivity index (χ2n) is 5.08. The monoisotopic (exact) mass is 386 g/mol. The lowest BCUT2D eigenvalue weighted by Gasteiger charge is -2.24. The van der Waals surface area contributed by atoms with Crippen molar-refractivity contribution in [2.75, 3.05) is 17.7 Å². The van der Waals surface area contributed by atoms with Crippen LogP contribution >= 0.6 is 23.4 Å². The van der Waals surface area contributed by atoms with E-state index in [1.165, 1.54) is 24.0 Å². The van der Waals surface area contributed by atoms with Gasteiger partial charge in [-0.1, -0.05) is 23.4 Å². The molecule has 1 aromatic rings. The summed E-state index contributed by atoms with van der Waals surface area (Å²) in [6.45, 7) is 3.40. The van der Waals surface area contributed by atoms with Gasteiger partial charge in [0.2, 0.25) is 11.8 Å². The normalized spacial score (nSPS) is 16.9. The summed E-state index contributed by atoms with van der Waals surface area (Å²) < 4.78 is 17.9. The molecular weight excluding hydrogens is 371 g/mol. The van der Waals surface area contributed by atoms with E-state index in [9.17, 15) is 18.8 Å². The van der Waals surface area contributed by atoms with E-state index in [1.54, 1.807) is 6.92 Å². The molecule has 0 unspecified atom stereocenters. The first-order valence-electron chi connectivity index (χ1n) is 7.42. The van der Waals surface area contributed by atoms with Gasteiger partial charge in [-0.25, -0.2) is 9.18 Å². The lowest BCUT2D eigenvalue weighted by molar-refractivity contribution is -0.137. The molecule has 1 N–H and O–H groups in total. The van der Waals surface area contributed by atoms with Gasteiger partial charge in [0.05, 0.1) is 34.2 Å². The van der Waals surface area contributed by atoms with Crippen LogP contribution in [0.2, 0.25) is 5.02 Å². The first-order valence-corrected chi connectivity index (χ1v) is 8.79. The van der Waals surface area contributed by atoms with E-state index in [2.05, 4.69) is 5.32 Å². The number of halogens is 2. The molecule has 6 nitrogen and oxygen atoms in total. The molecule has 2 rings (SSSR count). The van der Waals surface area contributed by atoms with E-state index in [-0.39, 0.29) is 29.0 Å². The molecule has 0 saturated carbocycles. The number of rotatable bonds is 5. The molecule has 134 valence electrons. The van der Waals surface area contributed by atoms with Crippen molar-refractivity contribution in [2.24, 2.45) is 0 Å². The minimum atomic E-state index is -0.885. The van der Waals surface area contributed by atoms with E-state index in [4.69, 9.17) is 16.3 Å². The molecule has 1 aliphatic rings. The molecule has 0 aliphatic carbocycles. The van der Waals surface area contributed by atoms with Crippen LogP contribution in [0, 0.1) is 5.82 Å². The number of nitrogens with one attached hydrogen (secondary N) is 1. The quantitative estimate of drug-likeness (QED) is 0.622. The van der Waals surface area contributed by atoms with Gasteiger partial charge in [0.1, 0.15) is 11.9 Å². The molecule has 0 spiro atoms. The average Bonchev–Trinajstić information content (AvgIpc) is 2.90. The Hall–Kier alpha value is -2.06. The molecular formula is C16H16ClFN2O4S. The lowest BCUT2D eigenvalue weighted by Crippen LogP contribution is -2.42. The number of carbonyl (C=O) groups excluding carboxylic acids is 3. The van der Waals surface area contributed by atoms with Crippen molar-refractivity contribution in [3.8, 4) is 0 Å². The number of benzene rings is 1. The highest BCUT2D eigenvalue weighted by molar-refractivity contribution is 8.04. The third kappa shape index (κ3) is 4.73. The average molecular weight is 387 g/mol. The van der Waals surface area contributed by atoms with Crippen molar-refractivity contribution in [3.05, 3.63) is 40.1 Å². The van der Waals surface area contributed by atoms with Crippen molar-refractivity contribution in [3.63, 3.8) is 0 Å². The predicted octanol–water partition coefficient (Wildman–Crippen LogP) is 2.79. The number of hydrogen-bond acceptors (Lipinski definition) is 5. The lowest BCUT2D eigenvalue weighted by atomic mass is 10.2. The highest BCUT2D eigenvalue weighted by Gasteiger charge is 2.35. The Bertz CT molecular complexity index is 741. The van der Waals surface area contributed by atoms with Crippen LogP contribution in [-0.2, 0) is 19.1 Å². The summed E-state index contributed by atoms with van der Waals surface area (Å²) in [6, 6.07) is 2.68. The van der Waals surface area contributed by atoms with E-state index < -0.39 is 23.7 Å². The first kappa shape index (κ1) is 19.3. The van der Waals surface area contributed by atoms with Crippen LogP contribution in [0.5, 0.6) is 0 Å². The zero-order valence-corrected chi connectivity index (χ0v) is 15.1. The summed E-state index contributed by atoms with van der Waals surface area (Å²) in [5.74, 6) is -1.80. The molecule has 1 atom stereocenters. The van der Waals surface area contributed by atoms with Crippen molar-refractivity contribution in [1.29, 1.82) is 0 Å². The third-order valence-electron chi connectivity index (χ3n) is 3.33. The van der Waals surface area contributed by atoms with Gasteiger partial charge >= 0.3 is 5.97 Å². The van der Waals surface area contributed by atoms with Crippen LogP contribution < -0.4 is 5.32 Å². The molecule has 1 heterocycles. The summed E-state index contributed by atoms with van der Waals surface area (Å²) in [7, 11) is 0. The molecule has 0 radical (unpaired) electrons. The first-order chi connectivity index (χ1) is 11.8. The number of anilines is 1. The molecule has 1 fully saturated rings. The van der Waals surface area contributed by atoms with Crippen molar-refractivity contribution in [1.82, 2.24) is 4.90 Å². The van der Waals surface area contributed by atoms with Gasteiger partial charge in [-0.05, 0) is 32.0 Å². The zero-order chi connectivity index (χ0) is 18.6. The second kappa shape index (κ2) is 8.35. The van der Waals surface area contributed by atoms with E-state index in [1.807, 2.05) is 0 Å². The number of ether oxygens (including phenoxy) is 1.